The summed E-state index contributed by atoms with van der Waals surface area (Å²) in [5.41, 5.74) is 1.61. The highest BCUT2D eigenvalue weighted by atomic mass is 35.5. The van der Waals surface area contributed by atoms with Crippen LogP contribution in [-0.2, 0) is 19.0 Å². The third-order valence-corrected chi connectivity index (χ3v) is 3.34. The van der Waals surface area contributed by atoms with Gasteiger partial charge >= 0.3 is 0 Å². The molecule has 0 bridgehead atoms. The summed E-state index contributed by atoms with van der Waals surface area (Å²) in [6.45, 7) is 1.35. The lowest BCUT2D eigenvalue weighted by Gasteiger charge is -2.08. The first-order valence-electron chi connectivity index (χ1n) is 5.68. The smallest absolute Gasteiger partial charge is 0.125 e. The van der Waals surface area contributed by atoms with Crippen molar-refractivity contribution in [2.75, 3.05) is 0 Å². The minimum Gasteiger partial charge on any atom is -0.324 e. The van der Waals surface area contributed by atoms with E-state index in [1.807, 2.05) is 10.8 Å². The van der Waals surface area contributed by atoms with Crippen molar-refractivity contribution in [1.29, 1.82) is 0 Å². The third kappa shape index (κ3) is 2.29. The maximum atomic E-state index is 6.19. The van der Waals surface area contributed by atoms with E-state index in [0.29, 0.717) is 24.0 Å². The van der Waals surface area contributed by atoms with Crippen molar-refractivity contribution in [3.8, 4) is 0 Å². The molecule has 0 N–H and O–H groups in total. The van der Waals surface area contributed by atoms with Crippen molar-refractivity contribution in [3.05, 3.63) is 35.6 Å². The second kappa shape index (κ2) is 5.14. The zero-order valence-corrected chi connectivity index (χ0v) is 11.4. The quantitative estimate of drug-likeness (QED) is 0.692. The van der Waals surface area contributed by atoms with E-state index in [9.17, 15) is 0 Å². The van der Waals surface area contributed by atoms with Gasteiger partial charge in [0, 0.05) is 18.9 Å². The zero-order chi connectivity index (χ0) is 13.2. The number of aromatic nitrogens is 6. The average molecular weight is 297 g/mol. The molecule has 0 aliphatic rings. The standard InChI is InChI=1S/C11H10Cl2N6/c12-5-10-16-9-7-14-6-8(13)11(9)19(10)4-3-18-2-1-15-17-18/h1-2,6-7H,3-5H2. The number of aryl methyl sites for hydroxylation is 2. The Balaban J connectivity index is 2.00. The number of imidazole rings is 1. The van der Waals surface area contributed by atoms with Gasteiger partial charge in [0.25, 0.3) is 0 Å². The zero-order valence-electron chi connectivity index (χ0n) is 9.87. The molecular weight excluding hydrogens is 287 g/mol. The third-order valence-electron chi connectivity index (χ3n) is 2.83. The van der Waals surface area contributed by atoms with Gasteiger partial charge in [-0.25, -0.2) is 4.98 Å². The van der Waals surface area contributed by atoms with Gasteiger partial charge in [-0.3, -0.25) is 9.67 Å². The Morgan fingerprint density at radius 2 is 2.11 bits per heavy atom. The minimum absolute atomic E-state index is 0.322. The van der Waals surface area contributed by atoms with Crippen LogP contribution in [0.15, 0.2) is 24.8 Å². The number of fused-ring (bicyclic) bond motifs is 1. The van der Waals surface area contributed by atoms with Gasteiger partial charge in [-0.05, 0) is 0 Å². The molecule has 0 fully saturated rings. The second-order valence-corrected chi connectivity index (χ2v) is 4.64. The van der Waals surface area contributed by atoms with Gasteiger partial charge in [0.1, 0.15) is 11.3 Å². The Morgan fingerprint density at radius 3 is 2.84 bits per heavy atom. The molecule has 3 rings (SSSR count). The highest BCUT2D eigenvalue weighted by Gasteiger charge is 2.13. The van der Waals surface area contributed by atoms with Crippen LogP contribution in [0.25, 0.3) is 11.0 Å². The van der Waals surface area contributed by atoms with E-state index in [0.717, 1.165) is 16.9 Å². The van der Waals surface area contributed by atoms with Crippen molar-refractivity contribution < 1.29 is 0 Å². The van der Waals surface area contributed by atoms with E-state index in [2.05, 4.69) is 20.3 Å². The molecule has 6 nitrogen and oxygen atoms in total. The fraction of sp³-hybridized carbons (Fsp3) is 0.273. The predicted molar refractivity (Wildman–Crippen MR) is 72.1 cm³/mol. The summed E-state index contributed by atoms with van der Waals surface area (Å²) in [6, 6.07) is 0. The first kappa shape index (κ1) is 12.4. The second-order valence-electron chi connectivity index (χ2n) is 3.97. The van der Waals surface area contributed by atoms with Crippen molar-refractivity contribution >= 4 is 34.2 Å². The van der Waals surface area contributed by atoms with Crippen LogP contribution in [0.4, 0.5) is 0 Å². The first-order chi connectivity index (χ1) is 9.29. The van der Waals surface area contributed by atoms with Crippen LogP contribution < -0.4 is 0 Å². The maximum Gasteiger partial charge on any atom is 0.125 e. The molecule has 0 unspecified atom stereocenters. The summed E-state index contributed by atoms with van der Waals surface area (Å²) < 4.78 is 3.74. The van der Waals surface area contributed by atoms with Crippen LogP contribution in [0.3, 0.4) is 0 Å². The van der Waals surface area contributed by atoms with E-state index in [1.54, 1.807) is 23.3 Å². The van der Waals surface area contributed by atoms with Gasteiger partial charge in [0.05, 0.1) is 35.4 Å². The largest absolute Gasteiger partial charge is 0.324 e. The molecule has 0 aliphatic carbocycles. The maximum absolute atomic E-state index is 6.19. The molecule has 8 heteroatoms. The fourth-order valence-electron chi connectivity index (χ4n) is 1.99. The minimum atomic E-state index is 0.322. The Labute approximate surface area is 119 Å². The van der Waals surface area contributed by atoms with E-state index in [1.165, 1.54) is 0 Å². The van der Waals surface area contributed by atoms with Gasteiger partial charge in [-0.2, -0.15) is 0 Å². The highest BCUT2D eigenvalue weighted by Crippen LogP contribution is 2.24. The van der Waals surface area contributed by atoms with Gasteiger partial charge in [-0.15, -0.1) is 16.7 Å². The van der Waals surface area contributed by atoms with Gasteiger partial charge in [0.2, 0.25) is 0 Å². The normalized spacial score (nSPS) is 11.3. The molecule has 3 heterocycles. The lowest BCUT2D eigenvalue weighted by atomic mass is 10.4. The van der Waals surface area contributed by atoms with Crippen molar-refractivity contribution in [3.63, 3.8) is 0 Å². The summed E-state index contributed by atoms with van der Waals surface area (Å²) in [4.78, 5) is 8.46. The Hall–Kier alpha value is -1.66. The first-order valence-corrected chi connectivity index (χ1v) is 6.59. The molecule has 0 aliphatic heterocycles. The van der Waals surface area contributed by atoms with E-state index >= 15 is 0 Å². The van der Waals surface area contributed by atoms with Gasteiger partial charge in [0.15, 0.2) is 0 Å². The van der Waals surface area contributed by atoms with Crippen molar-refractivity contribution in [1.82, 2.24) is 29.5 Å². The SMILES string of the molecule is ClCc1nc2cncc(Cl)c2n1CCn1ccnn1. The molecule has 3 aromatic heterocycles. The number of nitrogens with zero attached hydrogens (tertiary/aromatic N) is 6. The molecule has 0 saturated heterocycles. The van der Waals surface area contributed by atoms with E-state index < -0.39 is 0 Å². The molecule has 0 radical (unpaired) electrons. The summed E-state index contributed by atoms with van der Waals surface area (Å²) in [5.74, 6) is 1.09. The number of hydrogen-bond acceptors (Lipinski definition) is 4. The lowest BCUT2D eigenvalue weighted by Crippen LogP contribution is -2.10. The number of halogens is 2. The molecule has 0 spiro atoms. The van der Waals surface area contributed by atoms with Gasteiger partial charge in [-0.1, -0.05) is 16.8 Å². The molecule has 0 saturated carbocycles. The van der Waals surface area contributed by atoms with Crippen LogP contribution in [-0.4, -0.2) is 29.5 Å². The summed E-state index contributed by atoms with van der Waals surface area (Å²) >= 11 is 12.1. The van der Waals surface area contributed by atoms with E-state index in [-0.39, 0.29) is 0 Å². The average Bonchev–Trinajstić information content (AvgIpc) is 3.03. The van der Waals surface area contributed by atoms with Crippen LogP contribution in [0.5, 0.6) is 0 Å². The summed E-state index contributed by atoms with van der Waals surface area (Å²) in [6.07, 6.45) is 6.74. The number of alkyl halides is 1. The van der Waals surface area contributed by atoms with Gasteiger partial charge < -0.3 is 4.57 Å². The highest BCUT2D eigenvalue weighted by molar-refractivity contribution is 6.34. The topological polar surface area (TPSA) is 61.4 Å². The molecule has 3 aromatic rings. The van der Waals surface area contributed by atoms with Crippen LogP contribution in [0.2, 0.25) is 5.02 Å². The van der Waals surface area contributed by atoms with Crippen LogP contribution >= 0.6 is 23.2 Å². The molecule has 0 atom stereocenters. The number of pyridine rings is 1. The van der Waals surface area contributed by atoms with E-state index in [4.69, 9.17) is 23.2 Å². The monoisotopic (exact) mass is 296 g/mol. The lowest BCUT2D eigenvalue weighted by molar-refractivity contribution is 0.519. The molecular formula is C11H10Cl2N6. The van der Waals surface area contributed by atoms with Crippen molar-refractivity contribution in [2.24, 2.45) is 0 Å². The molecule has 0 amide bonds. The molecule has 0 aromatic carbocycles. The van der Waals surface area contributed by atoms with Crippen molar-refractivity contribution in [2.45, 2.75) is 19.0 Å². The summed E-state index contributed by atoms with van der Waals surface area (Å²) in [5, 5.41) is 8.27. The molecule has 19 heavy (non-hydrogen) atoms. The number of hydrogen-bond donors (Lipinski definition) is 0. The van der Waals surface area contributed by atoms with Crippen LogP contribution in [0, 0.1) is 0 Å². The Kier molecular flexibility index (Phi) is 3.35. The van der Waals surface area contributed by atoms with Crippen LogP contribution in [0.1, 0.15) is 5.82 Å². The Bertz CT molecular complexity index is 691. The number of rotatable bonds is 4. The summed E-state index contributed by atoms with van der Waals surface area (Å²) in [7, 11) is 0. The Morgan fingerprint density at radius 1 is 1.21 bits per heavy atom. The fourth-order valence-corrected chi connectivity index (χ4v) is 2.45. The predicted octanol–water partition coefficient (Wildman–Crippen LogP) is 2.12. The molecule has 98 valence electrons.